The smallest absolute Gasteiger partial charge is 0.234 e. The molecule has 0 unspecified atom stereocenters. The quantitative estimate of drug-likeness (QED) is 0.555. The molecule has 25 heavy (non-hydrogen) atoms. The number of rotatable bonds is 5. The fourth-order valence-electron chi connectivity index (χ4n) is 2.84. The third-order valence-electron chi connectivity index (χ3n) is 3.97. The van der Waals surface area contributed by atoms with Crippen LogP contribution in [-0.2, 0) is 10.5 Å². The number of amides is 1. The first-order valence-corrected chi connectivity index (χ1v) is 9.24. The maximum atomic E-state index is 12.3. The summed E-state index contributed by atoms with van der Waals surface area (Å²) in [5.41, 5.74) is 2.84. The number of thioether (sulfide) groups is 1. The van der Waals surface area contributed by atoms with Gasteiger partial charge in [-0.05, 0) is 23.6 Å². The summed E-state index contributed by atoms with van der Waals surface area (Å²) in [6.07, 6.45) is 0. The average molecular weight is 347 g/mol. The van der Waals surface area contributed by atoms with Crippen molar-refractivity contribution in [2.24, 2.45) is 0 Å². The van der Waals surface area contributed by atoms with Crippen LogP contribution in [0.1, 0.15) is 5.82 Å². The molecular formula is C20H17N3OS. The zero-order valence-electron chi connectivity index (χ0n) is 13.5. The van der Waals surface area contributed by atoms with Crippen molar-refractivity contribution in [2.75, 3.05) is 11.1 Å². The Bertz CT molecular complexity index is 1000. The van der Waals surface area contributed by atoms with E-state index in [2.05, 4.69) is 15.3 Å². The van der Waals surface area contributed by atoms with Gasteiger partial charge in [0.1, 0.15) is 5.82 Å². The minimum atomic E-state index is -0.00235. The lowest BCUT2D eigenvalue weighted by Crippen LogP contribution is -2.14. The van der Waals surface area contributed by atoms with E-state index in [0.29, 0.717) is 11.5 Å². The van der Waals surface area contributed by atoms with E-state index in [0.717, 1.165) is 33.3 Å². The number of nitrogens with one attached hydrogen (secondary N) is 2. The number of para-hydroxylation sites is 2. The summed E-state index contributed by atoms with van der Waals surface area (Å²) in [6, 6.07) is 21.9. The Kier molecular flexibility index (Phi) is 4.39. The van der Waals surface area contributed by atoms with Gasteiger partial charge in [-0.1, -0.05) is 48.5 Å². The van der Waals surface area contributed by atoms with E-state index in [1.54, 1.807) is 11.8 Å². The minimum absolute atomic E-state index is 0.00235. The van der Waals surface area contributed by atoms with Crippen LogP contribution < -0.4 is 5.32 Å². The molecule has 0 bridgehead atoms. The lowest BCUT2D eigenvalue weighted by atomic mass is 10.1. The Morgan fingerprint density at radius 1 is 1.00 bits per heavy atom. The summed E-state index contributed by atoms with van der Waals surface area (Å²) < 4.78 is 0. The van der Waals surface area contributed by atoms with E-state index in [-0.39, 0.29) is 5.91 Å². The number of fused-ring (bicyclic) bond motifs is 2. The van der Waals surface area contributed by atoms with Gasteiger partial charge in [0.15, 0.2) is 0 Å². The van der Waals surface area contributed by atoms with Gasteiger partial charge in [-0.2, -0.15) is 0 Å². The number of anilines is 1. The number of nitrogens with zero attached hydrogens (tertiary/aromatic N) is 1. The van der Waals surface area contributed by atoms with Gasteiger partial charge in [-0.3, -0.25) is 4.79 Å². The third-order valence-corrected chi connectivity index (χ3v) is 4.92. The summed E-state index contributed by atoms with van der Waals surface area (Å²) in [4.78, 5) is 20.1. The Balaban J connectivity index is 1.37. The molecule has 2 N–H and O–H groups in total. The van der Waals surface area contributed by atoms with Gasteiger partial charge < -0.3 is 10.3 Å². The van der Waals surface area contributed by atoms with Crippen LogP contribution in [-0.4, -0.2) is 21.6 Å². The van der Waals surface area contributed by atoms with Gasteiger partial charge in [0, 0.05) is 11.1 Å². The summed E-state index contributed by atoms with van der Waals surface area (Å²) in [6.45, 7) is 0. The van der Waals surface area contributed by atoms with Crippen molar-refractivity contribution >= 4 is 45.2 Å². The Morgan fingerprint density at radius 2 is 1.80 bits per heavy atom. The van der Waals surface area contributed by atoms with Crippen LogP contribution in [0.15, 0.2) is 66.7 Å². The molecule has 0 saturated carbocycles. The molecule has 4 nitrogen and oxygen atoms in total. The summed E-state index contributed by atoms with van der Waals surface area (Å²) >= 11 is 1.55. The Labute approximate surface area is 149 Å². The molecular weight excluding hydrogens is 330 g/mol. The van der Waals surface area contributed by atoms with Crippen LogP contribution in [0.25, 0.3) is 21.8 Å². The second kappa shape index (κ2) is 6.99. The normalized spacial score (nSPS) is 11.0. The molecule has 3 aromatic carbocycles. The number of hydrogen-bond acceptors (Lipinski definition) is 3. The van der Waals surface area contributed by atoms with Gasteiger partial charge in [0.2, 0.25) is 5.91 Å². The van der Waals surface area contributed by atoms with Crippen molar-refractivity contribution < 1.29 is 4.79 Å². The summed E-state index contributed by atoms with van der Waals surface area (Å²) in [5, 5.41) is 5.18. The predicted molar refractivity (Wildman–Crippen MR) is 105 cm³/mol. The largest absolute Gasteiger partial charge is 0.341 e. The second-order valence-electron chi connectivity index (χ2n) is 5.77. The monoisotopic (exact) mass is 347 g/mol. The summed E-state index contributed by atoms with van der Waals surface area (Å²) in [7, 11) is 0. The van der Waals surface area contributed by atoms with Gasteiger partial charge in [-0.25, -0.2) is 4.98 Å². The maximum absolute atomic E-state index is 12.3. The lowest BCUT2D eigenvalue weighted by molar-refractivity contribution is -0.113. The van der Waals surface area contributed by atoms with Crippen molar-refractivity contribution in [1.82, 2.24) is 9.97 Å². The van der Waals surface area contributed by atoms with Gasteiger partial charge >= 0.3 is 0 Å². The molecule has 1 heterocycles. The number of aromatic nitrogens is 2. The van der Waals surface area contributed by atoms with Gasteiger partial charge in [0.25, 0.3) is 0 Å². The molecule has 0 aliphatic rings. The molecule has 0 spiro atoms. The molecule has 0 atom stereocenters. The van der Waals surface area contributed by atoms with Gasteiger partial charge in [0.05, 0.1) is 22.5 Å². The van der Waals surface area contributed by atoms with E-state index in [1.807, 2.05) is 66.7 Å². The van der Waals surface area contributed by atoms with Crippen molar-refractivity contribution in [2.45, 2.75) is 5.75 Å². The van der Waals surface area contributed by atoms with Crippen LogP contribution in [0.2, 0.25) is 0 Å². The van der Waals surface area contributed by atoms with Crippen molar-refractivity contribution in [3.05, 3.63) is 72.6 Å². The van der Waals surface area contributed by atoms with Crippen LogP contribution in [0.5, 0.6) is 0 Å². The van der Waals surface area contributed by atoms with E-state index in [4.69, 9.17) is 0 Å². The number of imidazole rings is 1. The Morgan fingerprint density at radius 3 is 2.72 bits per heavy atom. The number of benzene rings is 3. The highest BCUT2D eigenvalue weighted by Crippen LogP contribution is 2.23. The molecule has 0 fully saturated rings. The molecule has 5 heteroatoms. The zero-order valence-corrected chi connectivity index (χ0v) is 14.3. The fourth-order valence-corrected chi connectivity index (χ4v) is 3.52. The molecule has 124 valence electrons. The molecule has 0 aliphatic heterocycles. The SMILES string of the molecule is O=C(CSCc1nc2ccccc2[nH]1)Nc1cccc2ccccc12. The highest BCUT2D eigenvalue weighted by Gasteiger charge is 2.07. The second-order valence-corrected chi connectivity index (χ2v) is 6.75. The Hall–Kier alpha value is -2.79. The maximum Gasteiger partial charge on any atom is 0.234 e. The first-order chi connectivity index (χ1) is 12.3. The highest BCUT2D eigenvalue weighted by molar-refractivity contribution is 7.99. The molecule has 0 radical (unpaired) electrons. The first kappa shape index (κ1) is 15.7. The first-order valence-electron chi connectivity index (χ1n) is 8.08. The van der Waals surface area contributed by atoms with E-state index in [9.17, 15) is 4.79 Å². The molecule has 0 aliphatic carbocycles. The molecule has 1 amide bonds. The molecule has 4 aromatic rings. The van der Waals surface area contributed by atoms with Crippen LogP contribution in [0.3, 0.4) is 0 Å². The third kappa shape index (κ3) is 3.51. The zero-order chi connectivity index (χ0) is 17.1. The lowest BCUT2D eigenvalue weighted by Gasteiger charge is -2.08. The number of carbonyl (C=O) groups excluding carboxylic acids is 1. The fraction of sp³-hybridized carbons (Fsp3) is 0.100. The van der Waals surface area contributed by atoms with Crippen molar-refractivity contribution in [1.29, 1.82) is 0 Å². The van der Waals surface area contributed by atoms with E-state index in [1.165, 1.54) is 0 Å². The molecule has 1 aromatic heterocycles. The number of carbonyl (C=O) groups is 1. The molecule has 0 saturated heterocycles. The topological polar surface area (TPSA) is 57.8 Å². The van der Waals surface area contributed by atoms with Crippen LogP contribution in [0, 0.1) is 0 Å². The van der Waals surface area contributed by atoms with Crippen molar-refractivity contribution in [3.63, 3.8) is 0 Å². The number of hydrogen-bond donors (Lipinski definition) is 2. The summed E-state index contributed by atoms with van der Waals surface area (Å²) in [5.74, 6) is 1.96. The highest BCUT2D eigenvalue weighted by atomic mass is 32.2. The van der Waals surface area contributed by atoms with Crippen LogP contribution in [0.4, 0.5) is 5.69 Å². The van der Waals surface area contributed by atoms with Crippen molar-refractivity contribution in [3.8, 4) is 0 Å². The minimum Gasteiger partial charge on any atom is -0.341 e. The molecule has 4 rings (SSSR count). The van der Waals surface area contributed by atoms with E-state index >= 15 is 0 Å². The standard InChI is InChI=1S/C20H17N3OS/c24-20(23-16-11-5-7-14-6-1-2-8-15(14)16)13-25-12-19-21-17-9-3-4-10-18(17)22-19/h1-11H,12-13H2,(H,21,22)(H,23,24). The number of aromatic amines is 1. The number of H-pyrrole nitrogens is 1. The predicted octanol–water partition coefficient (Wildman–Crippen LogP) is 4.59. The average Bonchev–Trinajstić information content (AvgIpc) is 3.05. The van der Waals surface area contributed by atoms with Crippen LogP contribution >= 0.6 is 11.8 Å². The van der Waals surface area contributed by atoms with E-state index < -0.39 is 0 Å². The van der Waals surface area contributed by atoms with Gasteiger partial charge in [-0.15, -0.1) is 11.8 Å².